The molecule has 1 aromatic carbocycles. The van der Waals surface area contributed by atoms with Crippen LogP contribution in [0.2, 0.25) is 0 Å². The molecule has 0 aliphatic rings. The Morgan fingerprint density at radius 2 is 1.82 bits per heavy atom. The Hall–Kier alpha value is -1.15. The minimum atomic E-state index is 0.196. The maximum absolute atomic E-state index is 4.43. The van der Waals surface area contributed by atoms with Gasteiger partial charge in [-0.1, -0.05) is 45.0 Å². The molecule has 0 bridgehead atoms. The average molecular weight is 245 g/mol. The average Bonchev–Trinajstić information content (AvgIpc) is 2.57. The van der Waals surface area contributed by atoms with Gasteiger partial charge in [0.2, 0.25) is 0 Å². The highest BCUT2D eigenvalue weighted by Crippen LogP contribution is 2.32. The van der Waals surface area contributed by atoms with Gasteiger partial charge in [-0.05, 0) is 41.9 Å². The van der Waals surface area contributed by atoms with Crippen LogP contribution in [-0.2, 0) is 5.41 Å². The van der Waals surface area contributed by atoms with Gasteiger partial charge < -0.3 is 0 Å². The Kier molecular flexibility index (Phi) is 3.09. The third-order valence-corrected chi connectivity index (χ3v) is 3.89. The number of hydrogen-bond acceptors (Lipinski definition) is 2. The standard InChI is InChI=1S/C15H19NS/c1-10-14(11(2)17-16-10)12-7-6-8-13(9-12)15(3,4)5/h6-9H,1-5H3. The molecule has 2 heteroatoms. The van der Waals surface area contributed by atoms with Crippen molar-refractivity contribution in [2.75, 3.05) is 0 Å². The third-order valence-electron chi connectivity index (χ3n) is 3.05. The Bertz CT molecular complexity index is 513. The lowest BCUT2D eigenvalue weighted by molar-refractivity contribution is 0.590. The first-order chi connectivity index (χ1) is 7.89. The molecular formula is C15H19NS. The molecule has 0 atom stereocenters. The van der Waals surface area contributed by atoms with E-state index in [2.05, 4.69) is 63.3 Å². The molecule has 2 aromatic rings. The van der Waals surface area contributed by atoms with Gasteiger partial charge in [0, 0.05) is 10.4 Å². The first kappa shape index (κ1) is 12.3. The van der Waals surface area contributed by atoms with Gasteiger partial charge in [-0.15, -0.1) is 0 Å². The van der Waals surface area contributed by atoms with E-state index in [1.54, 1.807) is 11.5 Å². The maximum atomic E-state index is 4.43. The number of hydrogen-bond donors (Lipinski definition) is 0. The summed E-state index contributed by atoms with van der Waals surface area (Å²) >= 11 is 1.59. The number of aryl methyl sites for hydroxylation is 2. The molecule has 0 N–H and O–H groups in total. The van der Waals surface area contributed by atoms with E-state index >= 15 is 0 Å². The highest BCUT2D eigenvalue weighted by Gasteiger charge is 2.16. The highest BCUT2D eigenvalue weighted by molar-refractivity contribution is 7.06. The van der Waals surface area contributed by atoms with Crippen LogP contribution in [0.25, 0.3) is 11.1 Å². The lowest BCUT2D eigenvalue weighted by Crippen LogP contribution is -2.10. The van der Waals surface area contributed by atoms with E-state index in [4.69, 9.17) is 0 Å². The van der Waals surface area contributed by atoms with E-state index in [0.29, 0.717) is 0 Å². The van der Waals surface area contributed by atoms with Crippen LogP contribution in [0.15, 0.2) is 24.3 Å². The van der Waals surface area contributed by atoms with Crippen molar-refractivity contribution in [1.29, 1.82) is 0 Å². The van der Waals surface area contributed by atoms with E-state index in [1.165, 1.54) is 21.6 Å². The highest BCUT2D eigenvalue weighted by atomic mass is 32.1. The van der Waals surface area contributed by atoms with E-state index in [-0.39, 0.29) is 5.41 Å². The van der Waals surface area contributed by atoms with Gasteiger partial charge in [-0.3, -0.25) is 0 Å². The van der Waals surface area contributed by atoms with Crippen LogP contribution >= 0.6 is 11.5 Å². The normalized spacial score (nSPS) is 11.8. The van der Waals surface area contributed by atoms with Crippen LogP contribution in [0.5, 0.6) is 0 Å². The summed E-state index contributed by atoms with van der Waals surface area (Å²) in [6.45, 7) is 11.0. The zero-order chi connectivity index (χ0) is 12.6. The topological polar surface area (TPSA) is 12.9 Å². The Morgan fingerprint density at radius 1 is 1.12 bits per heavy atom. The molecule has 1 nitrogen and oxygen atoms in total. The quantitative estimate of drug-likeness (QED) is 0.708. The van der Waals surface area contributed by atoms with Crippen molar-refractivity contribution in [2.45, 2.75) is 40.0 Å². The van der Waals surface area contributed by atoms with E-state index < -0.39 is 0 Å². The summed E-state index contributed by atoms with van der Waals surface area (Å²) in [7, 11) is 0. The molecule has 0 aliphatic carbocycles. The van der Waals surface area contributed by atoms with Gasteiger partial charge in [0.1, 0.15) is 0 Å². The first-order valence-corrected chi connectivity index (χ1v) is 6.71. The lowest BCUT2D eigenvalue weighted by Gasteiger charge is -2.19. The first-order valence-electron chi connectivity index (χ1n) is 5.93. The van der Waals surface area contributed by atoms with Gasteiger partial charge in [-0.2, -0.15) is 4.37 Å². The van der Waals surface area contributed by atoms with E-state index in [0.717, 1.165) is 5.69 Å². The summed E-state index contributed by atoms with van der Waals surface area (Å²) in [5.41, 5.74) is 5.31. The fourth-order valence-corrected chi connectivity index (χ4v) is 2.76. The molecule has 2 rings (SSSR count). The predicted molar refractivity (Wildman–Crippen MR) is 75.7 cm³/mol. The second-order valence-electron chi connectivity index (χ2n) is 5.53. The molecule has 0 saturated heterocycles. The molecular weight excluding hydrogens is 226 g/mol. The van der Waals surface area contributed by atoms with Gasteiger partial charge in [0.05, 0.1) is 5.69 Å². The number of benzene rings is 1. The Morgan fingerprint density at radius 3 is 2.35 bits per heavy atom. The number of rotatable bonds is 1. The summed E-state index contributed by atoms with van der Waals surface area (Å²) in [5.74, 6) is 0. The maximum Gasteiger partial charge on any atom is 0.0592 e. The second kappa shape index (κ2) is 4.26. The molecule has 0 unspecified atom stereocenters. The fourth-order valence-electron chi connectivity index (χ4n) is 2.04. The molecule has 1 heterocycles. The predicted octanol–water partition coefficient (Wildman–Crippen LogP) is 4.72. The molecule has 1 aromatic heterocycles. The summed E-state index contributed by atoms with van der Waals surface area (Å²) in [6, 6.07) is 8.82. The minimum absolute atomic E-state index is 0.196. The summed E-state index contributed by atoms with van der Waals surface area (Å²) in [5, 5.41) is 0. The van der Waals surface area contributed by atoms with Crippen molar-refractivity contribution in [1.82, 2.24) is 4.37 Å². The molecule has 0 spiro atoms. The van der Waals surface area contributed by atoms with Gasteiger partial charge in [0.25, 0.3) is 0 Å². The van der Waals surface area contributed by atoms with Crippen molar-refractivity contribution in [3.8, 4) is 11.1 Å². The zero-order valence-corrected chi connectivity index (χ0v) is 12.0. The van der Waals surface area contributed by atoms with Crippen molar-refractivity contribution in [2.24, 2.45) is 0 Å². The summed E-state index contributed by atoms with van der Waals surface area (Å²) < 4.78 is 4.43. The Labute approximate surface area is 108 Å². The molecule has 0 aliphatic heterocycles. The zero-order valence-electron chi connectivity index (χ0n) is 11.2. The Balaban J connectivity index is 2.55. The van der Waals surface area contributed by atoms with Crippen LogP contribution in [-0.4, -0.2) is 4.37 Å². The molecule has 0 amide bonds. The van der Waals surface area contributed by atoms with Crippen LogP contribution in [0.4, 0.5) is 0 Å². The molecule has 90 valence electrons. The van der Waals surface area contributed by atoms with Crippen molar-refractivity contribution in [3.63, 3.8) is 0 Å². The van der Waals surface area contributed by atoms with E-state index in [1.807, 2.05) is 0 Å². The lowest BCUT2D eigenvalue weighted by atomic mass is 9.85. The van der Waals surface area contributed by atoms with E-state index in [9.17, 15) is 0 Å². The van der Waals surface area contributed by atoms with Crippen molar-refractivity contribution < 1.29 is 0 Å². The monoisotopic (exact) mass is 245 g/mol. The molecule has 17 heavy (non-hydrogen) atoms. The van der Waals surface area contributed by atoms with Crippen molar-refractivity contribution >= 4 is 11.5 Å². The van der Waals surface area contributed by atoms with Crippen LogP contribution in [0.3, 0.4) is 0 Å². The van der Waals surface area contributed by atoms with Crippen LogP contribution in [0, 0.1) is 13.8 Å². The molecule has 0 saturated carbocycles. The summed E-state index contributed by atoms with van der Waals surface area (Å²) in [6.07, 6.45) is 0. The largest absolute Gasteiger partial charge is 0.197 e. The number of aromatic nitrogens is 1. The molecule has 0 radical (unpaired) electrons. The van der Waals surface area contributed by atoms with Crippen molar-refractivity contribution in [3.05, 3.63) is 40.4 Å². The van der Waals surface area contributed by atoms with Gasteiger partial charge >= 0.3 is 0 Å². The molecule has 0 fully saturated rings. The minimum Gasteiger partial charge on any atom is -0.197 e. The van der Waals surface area contributed by atoms with Gasteiger partial charge in [0.15, 0.2) is 0 Å². The number of nitrogens with zero attached hydrogens (tertiary/aromatic N) is 1. The van der Waals surface area contributed by atoms with Crippen LogP contribution < -0.4 is 0 Å². The van der Waals surface area contributed by atoms with Crippen LogP contribution in [0.1, 0.15) is 36.9 Å². The second-order valence-corrected chi connectivity index (χ2v) is 6.51. The smallest absolute Gasteiger partial charge is 0.0592 e. The SMILES string of the molecule is Cc1nsc(C)c1-c1cccc(C(C)(C)C)c1. The third kappa shape index (κ3) is 2.42. The summed E-state index contributed by atoms with van der Waals surface area (Å²) in [4.78, 5) is 1.30. The van der Waals surface area contributed by atoms with Gasteiger partial charge in [-0.25, -0.2) is 0 Å². The fraction of sp³-hybridized carbons (Fsp3) is 0.400.